The largest absolute Gasteiger partial charge is 0.481 e. The van der Waals surface area contributed by atoms with Crippen molar-refractivity contribution in [2.24, 2.45) is 0 Å². The van der Waals surface area contributed by atoms with Crippen LogP contribution in [0.1, 0.15) is 77.6 Å². The number of carboxylic acids is 1. The number of hydrogen-bond donors (Lipinski definition) is 4. The summed E-state index contributed by atoms with van der Waals surface area (Å²) < 4.78 is 0. The molecule has 136 valence electrons. The predicted octanol–water partition coefficient (Wildman–Crippen LogP) is 3.02. The second kappa shape index (κ2) is 14.7. The molecule has 0 spiro atoms. The highest BCUT2D eigenvalue weighted by atomic mass is 16.4. The van der Waals surface area contributed by atoms with Gasteiger partial charge in [0.25, 0.3) is 0 Å². The van der Waals surface area contributed by atoms with Gasteiger partial charge in [0.2, 0.25) is 0 Å². The molecule has 0 unspecified atom stereocenters. The maximum atomic E-state index is 10.4. The summed E-state index contributed by atoms with van der Waals surface area (Å²) in [5.74, 6) is -0.830. The SMILES string of the molecule is CCCCCCCC[C@H](O)[C@H](O)/C=C/[C@@H](O)CCCCC(=O)O. The van der Waals surface area contributed by atoms with E-state index in [2.05, 4.69) is 6.92 Å². The van der Waals surface area contributed by atoms with Crippen molar-refractivity contribution in [2.45, 2.75) is 95.9 Å². The third-order valence-electron chi connectivity index (χ3n) is 3.92. The fourth-order valence-corrected chi connectivity index (χ4v) is 2.40. The molecule has 0 bridgehead atoms. The average molecular weight is 330 g/mol. The van der Waals surface area contributed by atoms with Gasteiger partial charge in [-0.1, -0.05) is 57.6 Å². The molecule has 0 heterocycles. The third-order valence-corrected chi connectivity index (χ3v) is 3.92. The van der Waals surface area contributed by atoms with Crippen LogP contribution < -0.4 is 0 Å². The van der Waals surface area contributed by atoms with E-state index in [-0.39, 0.29) is 6.42 Å². The molecule has 0 aliphatic heterocycles. The van der Waals surface area contributed by atoms with Crippen LogP contribution in [-0.4, -0.2) is 44.7 Å². The Hall–Kier alpha value is -0.910. The minimum Gasteiger partial charge on any atom is -0.481 e. The Morgan fingerprint density at radius 2 is 1.48 bits per heavy atom. The van der Waals surface area contributed by atoms with E-state index in [9.17, 15) is 20.1 Å². The Morgan fingerprint density at radius 3 is 2.13 bits per heavy atom. The van der Waals surface area contributed by atoms with Crippen molar-refractivity contribution in [3.63, 3.8) is 0 Å². The zero-order valence-electron chi connectivity index (χ0n) is 14.4. The van der Waals surface area contributed by atoms with E-state index in [1.165, 1.54) is 37.8 Å². The average Bonchev–Trinajstić information content (AvgIpc) is 2.52. The molecule has 0 amide bonds. The Balaban J connectivity index is 3.74. The number of aliphatic hydroxyl groups is 3. The number of aliphatic carboxylic acids is 1. The lowest BCUT2D eigenvalue weighted by Crippen LogP contribution is -2.24. The van der Waals surface area contributed by atoms with Crippen LogP contribution in [0.25, 0.3) is 0 Å². The summed E-state index contributed by atoms with van der Waals surface area (Å²) in [5.41, 5.74) is 0. The summed E-state index contributed by atoms with van der Waals surface area (Å²) in [6, 6.07) is 0. The van der Waals surface area contributed by atoms with Gasteiger partial charge in [-0.2, -0.15) is 0 Å². The maximum Gasteiger partial charge on any atom is 0.303 e. The Kier molecular flexibility index (Phi) is 14.1. The van der Waals surface area contributed by atoms with Crippen LogP contribution in [-0.2, 0) is 4.79 Å². The number of carboxylic acid groups (broad SMARTS) is 1. The normalized spacial score (nSPS) is 15.7. The summed E-state index contributed by atoms with van der Waals surface area (Å²) in [6.45, 7) is 2.17. The van der Waals surface area contributed by atoms with Gasteiger partial charge in [-0.15, -0.1) is 0 Å². The van der Waals surface area contributed by atoms with E-state index in [1.807, 2.05) is 0 Å². The van der Waals surface area contributed by atoms with Gasteiger partial charge in [-0.25, -0.2) is 0 Å². The molecule has 0 aliphatic rings. The van der Waals surface area contributed by atoms with Crippen molar-refractivity contribution in [1.82, 2.24) is 0 Å². The first-order chi connectivity index (χ1) is 11.0. The van der Waals surface area contributed by atoms with Crippen molar-refractivity contribution in [1.29, 1.82) is 0 Å². The predicted molar refractivity (Wildman–Crippen MR) is 91.3 cm³/mol. The molecule has 5 heteroatoms. The first kappa shape index (κ1) is 22.1. The van der Waals surface area contributed by atoms with E-state index in [1.54, 1.807) is 0 Å². The minimum absolute atomic E-state index is 0.107. The molecule has 5 nitrogen and oxygen atoms in total. The highest BCUT2D eigenvalue weighted by Crippen LogP contribution is 2.12. The third kappa shape index (κ3) is 14.4. The van der Waals surface area contributed by atoms with Crippen molar-refractivity contribution in [2.75, 3.05) is 0 Å². The highest BCUT2D eigenvalue weighted by molar-refractivity contribution is 5.66. The molecule has 0 fully saturated rings. The molecule has 3 atom stereocenters. The van der Waals surface area contributed by atoms with Crippen LogP contribution in [0.4, 0.5) is 0 Å². The number of unbranched alkanes of at least 4 members (excludes halogenated alkanes) is 6. The zero-order chi connectivity index (χ0) is 17.5. The smallest absolute Gasteiger partial charge is 0.303 e. The summed E-state index contributed by atoms with van der Waals surface area (Å²) in [7, 11) is 0. The van der Waals surface area contributed by atoms with Gasteiger partial charge < -0.3 is 20.4 Å². The fourth-order valence-electron chi connectivity index (χ4n) is 2.40. The van der Waals surface area contributed by atoms with Gasteiger partial charge in [0.15, 0.2) is 0 Å². The van der Waals surface area contributed by atoms with Gasteiger partial charge >= 0.3 is 5.97 Å². The van der Waals surface area contributed by atoms with E-state index in [0.717, 1.165) is 12.8 Å². The zero-order valence-corrected chi connectivity index (χ0v) is 14.4. The quantitative estimate of drug-likeness (QED) is 0.273. The minimum atomic E-state index is -0.959. The first-order valence-corrected chi connectivity index (χ1v) is 8.91. The standard InChI is InChI=1S/C18H34O5/c1-2-3-4-5-6-7-11-16(20)17(21)14-13-15(19)10-8-9-12-18(22)23/h13-17,19-21H,2-12H2,1H3,(H,22,23)/b14-13+/t15-,16-,17+/m0/s1. The molecule has 0 aromatic carbocycles. The molecule has 4 N–H and O–H groups in total. The van der Waals surface area contributed by atoms with E-state index < -0.39 is 24.3 Å². The Morgan fingerprint density at radius 1 is 0.870 bits per heavy atom. The van der Waals surface area contributed by atoms with E-state index in [0.29, 0.717) is 25.7 Å². The van der Waals surface area contributed by atoms with Crippen molar-refractivity contribution < 1.29 is 25.2 Å². The number of hydrogen-bond acceptors (Lipinski definition) is 4. The molecule has 0 saturated carbocycles. The second-order valence-corrected chi connectivity index (χ2v) is 6.21. The van der Waals surface area contributed by atoms with Crippen molar-refractivity contribution in [3.05, 3.63) is 12.2 Å². The van der Waals surface area contributed by atoms with Gasteiger partial charge in [0.05, 0.1) is 18.3 Å². The van der Waals surface area contributed by atoms with Crippen molar-refractivity contribution >= 4 is 5.97 Å². The van der Waals surface area contributed by atoms with Crippen LogP contribution in [0.2, 0.25) is 0 Å². The lowest BCUT2D eigenvalue weighted by molar-refractivity contribution is -0.137. The van der Waals surface area contributed by atoms with Gasteiger partial charge in [-0.05, 0) is 25.7 Å². The monoisotopic (exact) mass is 330 g/mol. The van der Waals surface area contributed by atoms with Gasteiger partial charge in [0, 0.05) is 6.42 Å². The van der Waals surface area contributed by atoms with E-state index >= 15 is 0 Å². The second-order valence-electron chi connectivity index (χ2n) is 6.21. The van der Waals surface area contributed by atoms with Crippen LogP contribution in [0.15, 0.2) is 12.2 Å². The summed E-state index contributed by atoms with van der Waals surface area (Å²) in [4.78, 5) is 10.4. The van der Waals surface area contributed by atoms with Crippen molar-refractivity contribution in [3.8, 4) is 0 Å². The lowest BCUT2D eigenvalue weighted by atomic mass is 10.0. The molecule has 0 saturated heterocycles. The fraction of sp³-hybridized carbons (Fsp3) is 0.833. The molecular formula is C18H34O5. The lowest BCUT2D eigenvalue weighted by Gasteiger charge is -2.15. The maximum absolute atomic E-state index is 10.4. The number of carbonyl (C=O) groups is 1. The molecule has 0 aromatic heterocycles. The summed E-state index contributed by atoms with van der Waals surface area (Å²) in [5, 5.41) is 37.9. The molecule has 0 aliphatic carbocycles. The molecule has 0 rings (SSSR count). The molecular weight excluding hydrogens is 296 g/mol. The topological polar surface area (TPSA) is 98.0 Å². The number of rotatable bonds is 15. The molecule has 0 radical (unpaired) electrons. The summed E-state index contributed by atoms with van der Waals surface area (Å²) >= 11 is 0. The first-order valence-electron chi connectivity index (χ1n) is 8.91. The van der Waals surface area contributed by atoms with Crippen LogP contribution >= 0.6 is 0 Å². The molecule has 0 aromatic rings. The van der Waals surface area contributed by atoms with E-state index in [4.69, 9.17) is 5.11 Å². The van der Waals surface area contributed by atoms with Gasteiger partial charge in [-0.3, -0.25) is 4.79 Å². The van der Waals surface area contributed by atoms with Crippen LogP contribution in [0.5, 0.6) is 0 Å². The van der Waals surface area contributed by atoms with Crippen LogP contribution in [0, 0.1) is 0 Å². The summed E-state index contributed by atoms with van der Waals surface area (Å²) in [6.07, 6.45) is 9.56. The number of aliphatic hydroxyl groups excluding tert-OH is 3. The van der Waals surface area contributed by atoms with Crippen LogP contribution in [0.3, 0.4) is 0 Å². The molecule has 23 heavy (non-hydrogen) atoms. The Labute approximate surface area is 140 Å². The van der Waals surface area contributed by atoms with Gasteiger partial charge in [0.1, 0.15) is 0 Å². The Bertz CT molecular complexity index is 317. The highest BCUT2D eigenvalue weighted by Gasteiger charge is 2.13.